The summed E-state index contributed by atoms with van der Waals surface area (Å²) in [4.78, 5) is 13.0. The molecule has 1 heterocycles. The zero-order chi connectivity index (χ0) is 23.3. The van der Waals surface area contributed by atoms with Crippen LogP contribution >= 0.6 is 0 Å². The highest BCUT2D eigenvalue weighted by Crippen LogP contribution is 2.33. The van der Waals surface area contributed by atoms with Crippen molar-refractivity contribution < 1.29 is 17.9 Å². The van der Waals surface area contributed by atoms with Crippen molar-refractivity contribution in [1.29, 1.82) is 5.26 Å². The molecule has 1 aliphatic heterocycles. The fraction of sp³-hybridized carbons (Fsp3) is 0.200. The number of sulfonamides is 1. The van der Waals surface area contributed by atoms with Crippen LogP contribution in [0.2, 0.25) is 0 Å². The number of nitrogens with one attached hydrogen (secondary N) is 1. The first-order valence-corrected chi connectivity index (χ1v) is 12.1. The minimum Gasteiger partial charge on any atom is -0.455 e. The highest BCUT2D eigenvalue weighted by atomic mass is 32.2. The van der Waals surface area contributed by atoms with Gasteiger partial charge in [0, 0.05) is 18.7 Å². The van der Waals surface area contributed by atoms with Crippen molar-refractivity contribution in [2.24, 2.45) is 0 Å². The number of benzene rings is 3. The van der Waals surface area contributed by atoms with E-state index >= 15 is 0 Å². The van der Waals surface area contributed by atoms with E-state index in [1.807, 2.05) is 24.3 Å². The van der Waals surface area contributed by atoms with Crippen LogP contribution in [-0.4, -0.2) is 31.7 Å². The number of rotatable bonds is 6. The van der Waals surface area contributed by atoms with Crippen LogP contribution in [0, 0.1) is 11.3 Å². The monoisotopic (exact) mass is 461 g/mol. The Hall–Kier alpha value is -3.67. The number of para-hydroxylation sites is 1. The summed E-state index contributed by atoms with van der Waals surface area (Å²) in [6, 6.07) is 21.8. The van der Waals surface area contributed by atoms with Crippen molar-refractivity contribution in [3.05, 3.63) is 83.9 Å². The molecule has 1 fully saturated rings. The van der Waals surface area contributed by atoms with Crippen LogP contribution in [0.15, 0.2) is 77.7 Å². The van der Waals surface area contributed by atoms with Gasteiger partial charge in [0.2, 0.25) is 10.0 Å². The molecular weight excluding hydrogens is 438 g/mol. The van der Waals surface area contributed by atoms with Gasteiger partial charge in [-0.1, -0.05) is 30.7 Å². The molecule has 8 heteroatoms. The van der Waals surface area contributed by atoms with Crippen molar-refractivity contribution in [1.82, 2.24) is 4.31 Å². The van der Waals surface area contributed by atoms with Crippen LogP contribution in [-0.2, 0) is 10.0 Å². The number of carbonyl (C=O) groups excluding carboxylic acids is 1. The number of nitrogens with zero attached hydrogens (tertiary/aromatic N) is 2. The van der Waals surface area contributed by atoms with Crippen molar-refractivity contribution in [3.8, 4) is 17.6 Å². The number of anilines is 1. The molecule has 0 aromatic heterocycles. The molecule has 7 nitrogen and oxygen atoms in total. The first kappa shape index (κ1) is 22.5. The Bertz CT molecular complexity index is 1290. The highest BCUT2D eigenvalue weighted by molar-refractivity contribution is 7.89. The van der Waals surface area contributed by atoms with E-state index in [1.54, 1.807) is 36.4 Å². The second-order valence-corrected chi connectivity index (χ2v) is 9.62. The molecule has 1 saturated heterocycles. The van der Waals surface area contributed by atoms with Crippen molar-refractivity contribution >= 4 is 21.6 Å². The molecule has 3 aromatic carbocycles. The van der Waals surface area contributed by atoms with Crippen LogP contribution in [0.3, 0.4) is 0 Å². The minimum absolute atomic E-state index is 0.0888. The van der Waals surface area contributed by atoms with E-state index < -0.39 is 15.9 Å². The number of piperidine rings is 1. The Labute approximate surface area is 193 Å². The summed E-state index contributed by atoms with van der Waals surface area (Å²) >= 11 is 0. The molecule has 1 aliphatic rings. The van der Waals surface area contributed by atoms with Gasteiger partial charge in [-0.25, -0.2) is 8.42 Å². The number of hydrogen-bond acceptors (Lipinski definition) is 5. The van der Waals surface area contributed by atoms with Crippen LogP contribution in [0.1, 0.15) is 35.2 Å². The molecule has 4 rings (SSSR count). The zero-order valence-electron chi connectivity index (χ0n) is 17.9. The van der Waals surface area contributed by atoms with Gasteiger partial charge in [-0.15, -0.1) is 0 Å². The van der Waals surface area contributed by atoms with E-state index in [1.165, 1.54) is 22.5 Å². The first-order chi connectivity index (χ1) is 16.0. The van der Waals surface area contributed by atoms with E-state index in [0.717, 1.165) is 19.3 Å². The van der Waals surface area contributed by atoms with E-state index in [4.69, 9.17) is 10.00 Å². The molecule has 0 spiro atoms. The Kier molecular flexibility index (Phi) is 6.73. The lowest BCUT2D eigenvalue weighted by Crippen LogP contribution is -2.35. The van der Waals surface area contributed by atoms with Crippen molar-refractivity contribution in [2.75, 3.05) is 18.4 Å². The smallest absolute Gasteiger partial charge is 0.255 e. The summed E-state index contributed by atoms with van der Waals surface area (Å²) in [6.07, 6.45) is 2.67. The number of carbonyl (C=O) groups is 1. The average Bonchev–Trinajstić information content (AvgIpc) is 2.86. The van der Waals surface area contributed by atoms with Gasteiger partial charge in [-0.3, -0.25) is 4.79 Å². The molecule has 0 radical (unpaired) electrons. The lowest BCUT2D eigenvalue weighted by molar-refractivity contribution is 0.102. The normalized spacial score (nSPS) is 14.3. The number of ether oxygens (including phenoxy) is 1. The number of hydrogen-bond donors (Lipinski definition) is 1. The molecule has 1 amide bonds. The van der Waals surface area contributed by atoms with Gasteiger partial charge in [0.05, 0.1) is 22.2 Å². The molecule has 0 unspecified atom stereocenters. The van der Waals surface area contributed by atoms with Crippen LogP contribution in [0.4, 0.5) is 5.69 Å². The molecule has 33 heavy (non-hydrogen) atoms. The molecule has 0 atom stereocenters. The minimum atomic E-state index is -3.70. The predicted molar refractivity (Wildman–Crippen MR) is 125 cm³/mol. The molecule has 168 valence electrons. The summed E-state index contributed by atoms with van der Waals surface area (Å²) < 4.78 is 33.8. The first-order valence-electron chi connectivity index (χ1n) is 10.7. The van der Waals surface area contributed by atoms with Crippen molar-refractivity contribution in [3.63, 3.8) is 0 Å². The van der Waals surface area contributed by atoms with Gasteiger partial charge in [-0.05, 0) is 61.4 Å². The fourth-order valence-electron chi connectivity index (χ4n) is 3.65. The summed E-state index contributed by atoms with van der Waals surface area (Å²) in [5.74, 6) is 0.382. The summed E-state index contributed by atoms with van der Waals surface area (Å²) in [5.41, 5.74) is 0.859. The van der Waals surface area contributed by atoms with E-state index in [-0.39, 0.29) is 16.1 Å². The SMILES string of the molecule is N#Cc1cccc(C(=O)Nc2cc(S(=O)(=O)N3CCCCC3)ccc2Oc2ccccc2)c1. The quantitative estimate of drug-likeness (QED) is 0.570. The third-order valence-electron chi connectivity index (χ3n) is 5.38. The third-order valence-corrected chi connectivity index (χ3v) is 7.27. The van der Waals surface area contributed by atoms with Gasteiger partial charge in [-0.2, -0.15) is 9.57 Å². The van der Waals surface area contributed by atoms with Crippen LogP contribution in [0.25, 0.3) is 0 Å². The van der Waals surface area contributed by atoms with E-state index in [0.29, 0.717) is 30.2 Å². The second-order valence-electron chi connectivity index (χ2n) is 7.68. The van der Waals surface area contributed by atoms with Crippen LogP contribution in [0.5, 0.6) is 11.5 Å². The Balaban J connectivity index is 1.70. The average molecular weight is 462 g/mol. The standard InChI is InChI=1S/C25H23N3O4S/c26-18-19-8-7-9-20(16-19)25(29)27-23-17-22(33(30,31)28-14-5-2-6-15-28)12-13-24(23)32-21-10-3-1-4-11-21/h1,3-4,7-13,16-17H,2,5-6,14-15H2,(H,27,29). The maximum Gasteiger partial charge on any atom is 0.255 e. The van der Waals surface area contributed by atoms with Gasteiger partial charge in [0.25, 0.3) is 5.91 Å². The maximum atomic E-state index is 13.2. The zero-order valence-corrected chi connectivity index (χ0v) is 18.7. The second kappa shape index (κ2) is 9.86. The largest absolute Gasteiger partial charge is 0.455 e. The Morgan fingerprint density at radius 2 is 1.70 bits per heavy atom. The number of nitriles is 1. The third kappa shape index (κ3) is 5.22. The molecule has 0 saturated carbocycles. The lowest BCUT2D eigenvalue weighted by atomic mass is 10.1. The molecule has 0 bridgehead atoms. The van der Waals surface area contributed by atoms with Gasteiger partial charge >= 0.3 is 0 Å². The number of amides is 1. The summed E-state index contributed by atoms with van der Waals surface area (Å²) in [5, 5.41) is 11.9. The fourth-order valence-corrected chi connectivity index (χ4v) is 5.19. The maximum absolute atomic E-state index is 13.2. The lowest BCUT2D eigenvalue weighted by Gasteiger charge is -2.26. The topological polar surface area (TPSA) is 99.5 Å². The van der Waals surface area contributed by atoms with Crippen LogP contribution < -0.4 is 10.1 Å². The summed E-state index contributed by atoms with van der Waals surface area (Å²) in [7, 11) is -3.70. The van der Waals surface area contributed by atoms with Gasteiger partial charge < -0.3 is 10.1 Å². The van der Waals surface area contributed by atoms with Gasteiger partial charge in [0.1, 0.15) is 5.75 Å². The summed E-state index contributed by atoms with van der Waals surface area (Å²) in [6.45, 7) is 0.959. The van der Waals surface area contributed by atoms with E-state index in [2.05, 4.69) is 5.32 Å². The molecular formula is C25H23N3O4S. The molecule has 1 N–H and O–H groups in total. The molecule has 3 aromatic rings. The molecule has 0 aliphatic carbocycles. The Morgan fingerprint density at radius 1 is 0.939 bits per heavy atom. The van der Waals surface area contributed by atoms with Gasteiger partial charge in [0.15, 0.2) is 5.75 Å². The van der Waals surface area contributed by atoms with E-state index in [9.17, 15) is 13.2 Å². The highest BCUT2D eigenvalue weighted by Gasteiger charge is 2.27. The Morgan fingerprint density at radius 3 is 2.42 bits per heavy atom. The van der Waals surface area contributed by atoms with Crippen molar-refractivity contribution in [2.45, 2.75) is 24.2 Å². The predicted octanol–water partition coefficient (Wildman–Crippen LogP) is 4.78.